The molecule has 3 aromatic rings. The van der Waals surface area contributed by atoms with E-state index in [1.807, 2.05) is 23.4 Å². The van der Waals surface area contributed by atoms with Crippen molar-refractivity contribution in [2.45, 2.75) is 50.7 Å². The Labute approximate surface area is 168 Å². The van der Waals surface area contributed by atoms with E-state index in [9.17, 15) is 10.5 Å². The number of piperidine rings is 1. The Balaban J connectivity index is 1.52. The van der Waals surface area contributed by atoms with Gasteiger partial charge in [-0.2, -0.15) is 20.7 Å². The van der Waals surface area contributed by atoms with Gasteiger partial charge in [-0.3, -0.25) is 4.68 Å². The van der Waals surface area contributed by atoms with Crippen molar-refractivity contribution < 1.29 is 4.74 Å². The van der Waals surface area contributed by atoms with Gasteiger partial charge < -0.3 is 9.64 Å². The molecule has 0 saturated carbocycles. The van der Waals surface area contributed by atoms with Gasteiger partial charge >= 0.3 is 0 Å². The van der Waals surface area contributed by atoms with Gasteiger partial charge in [-0.25, -0.2) is 4.52 Å². The van der Waals surface area contributed by atoms with Crippen molar-refractivity contribution in [3.8, 4) is 29.1 Å². The molecule has 0 amide bonds. The van der Waals surface area contributed by atoms with Crippen molar-refractivity contribution in [1.29, 1.82) is 10.5 Å². The fraction of sp³-hybridized carbons (Fsp3) is 0.429. The summed E-state index contributed by atoms with van der Waals surface area (Å²) in [6.45, 7) is 2.08. The van der Waals surface area contributed by atoms with Crippen LogP contribution in [0.1, 0.15) is 43.0 Å². The molecule has 0 radical (unpaired) electrons. The molecule has 2 bridgehead atoms. The predicted molar refractivity (Wildman–Crippen MR) is 105 cm³/mol. The number of fused-ring (bicyclic) bond motifs is 3. The van der Waals surface area contributed by atoms with Crippen LogP contribution < -0.4 is 4.74 Å². The SMILES string of the molecule is COc1cc(-c2cnn(C3CC4CC[C@H](C3)N4C#N)c2C)cn2ncc(C#N)c12. The summed E-state index contributed by atoms with van der Waals surface area (Å²) in [7, 11) is 1.60. The van der Waals surface area contributed by atoms with E-state index in [0.717, 1.165) is 42.5 Å². The third kappa shape index (κ3) is 2.56. The Hall–Kier alpha value is -3.52. The first-order valence-corrected chi connectivity index (χ1v) is 9.82. The van der Waals surface area contributed by atoms with Gasteiger partial charge in [0, 0.05) is 35.1 Å². The molecule has 29 heavy (non-hydrogen) atoms. The summed E-state index contributed by atoms with van der Waals surface area (Å²) in [4.78, 5) is 1.99. The lowest BCUT2D eigenvalue weighted by Gasteiger charge is -2.35. The van der Waals surface area contributed by atoms with Crippen LogP contribution in [0.5, 0.6) is 5.75 Å². The molecule has 8 nitrogen and oxygen atoms in total. The zero-order valence-corrected chi connectivity index (χ0v) is 16.4. The van der Waals surface area contributed by atoms with Crippen LogP contribution in [0, 0.1) is 29.7 Å². The Bertz CT molecular complexity index is 1160. The molecule has 3 aromatic heterocycles. The molecular formula is C21H21N7O. The first-order chi connectivity index (χ1) is 14.1. The van der Waals surface area contributed by atoms with E-state index in [2.05, 4.69) is 29.0 Å². The van der Waals surface area contributed by atoms with E-state index in [1.165, 1.54) is 0 Å². The minimum Gasteiger partial charge on any atom is -0.494 e. The van der Waals surface area contributed by atoms with E-state index in [0.29, 0.717) is 35.0 Å². The van der Waals surface area contributed by atoms with E-state index in [1.54, 1.807) is 17.8 Å². The number of hydrogen-bond acceptors (Lipinski definition) is 6. The molecule has 146 valence electrons. The van der Waals surface area contributed by atoms with E-state index >= 15 is 0 Å². The van der Waals surface area contributed by atoms with E-state index < -0.39 is 0 Å². The Morgan fingerprint density at radius 3 is 2.52 bits per heavy atom. The average molecular weight is 387 g/mol. The Morgan fingerprint density at radius 2 is 1.86 bits per heavy atom. The van der Waals surface area contributed by atoms with Gasteiger partial charge in [-0.05, 0) is 38.7 Å². The second-order valence-electron chi connectivity index (χ2n) is 7.87. The highest BCUT2D eigenvalue weighted by Crippen LogP contribution is 2.41. The van der Waals surface area contributed by atoms with Gasteiger partial charge in [0.05, 0.1) is 25.5 Å². The number of rotatable bonds is 3. The number of ether oxygens (including phenoxy) is 1. The molecule has 5 heterocycles. The van der Waals surface area contributed by atoms with Crippen LogP contribution in [0.4, 0.5) is 0 Å². The molecule has 3 atom stereocenters. The molecule has 0 N–H and O–H groups in total. The quantitative estimate of drug-likeness (QED) is 0.641. The molecule has 2 fully saturated rings. The number of aromatic nitrogens is 4. The molecule has 0 aliphatic carbocycles. The van der Waals surface area contributed by atoms with Gasteiger partial charge in [0.1, 0.15) is 22.9 Å². The smallest absolute Gasteiger partial charge is 0.179 e. The topological polar surface area (TPSA) is 95.2 Å². The van der Waals surface area contributed by atoms with Gasteiger partial charge in [-0.1, -0.05) is 0 Å². The Kier molecular flexibility index (Phi) is 3.95. The van der Waals surface area contributed by atoms with Gasteiger partial charge in [0.15, 0.2) is 6.19 Å². The van der Waals surface area contributed by atoms with Crippen molar-refractivity contribution in [3.63, 3.8) is 0 Å². The zero-order chi connectivity index (χ0) is 20.1. The zero-order valence-electron chi connectivity index (χ0n) is 16.4. The van der Waals surface area contributed by atoms with Crippen LogP contribution in [0.25, 0.3) is 16.6 Å². The van der Waals surface area contributed by atoms with Crippen molar-refractivity contribution in [1.82, 2.24) is 24.3 Å². The predicted octanol–water partition coefficient (Wildman–Crippen LogP) is 3.04. The molecule has 2 aliphatic heterocycles. The number of nitriles is 2. The first kappa shape index (κ1) is 17.6. The monoisotopic (exact) mass is 387 g/mol. The van der Waals surface area contributed by atoms with Crippen molar-refractivity contribution in [2.24, 2.45) is 0 Å². The third-order valence-corrected chi connectivity index (χ3v) is 6.44. The highest BCUT2D eigenvalue weighted by atomic mass is 16.5. The second kappa shape index (κ2) is 6.52. The molecular weight excluding hydrogens is 366 g/mol. The molecule has 5 rings (SSSR count). The van der Waals surface area contributed by atoms with Crippen molar-refractivity contribution in [3.05, 3.63) is 35.9 Å². The summed E-state index contributed by atoms with van der Waals surface area (Å²) in [5.74, 6) is 0.615. The van der Waals surface area contributed by atoms with Gasteiger partial charge in [0.2, 0.25) is 0 Å². The summed E-state index contributed by atoms with van der Waals surface area (Å²) in [6, 6.07) is 5.08. The summed E-state index contributed by atoms with van der Waals surface area (Å²) in [5.41, 5.74) is 4.22. The fourth-order valence-electron chi connectivity index (χ4n) is 5.06. The number of hydrogen-bond donors (Lipinski definition) is 0. The fourth-order valence-corrected chi connectivity index (χ4v) is 5.06. The molecule has 2 aliphatic rings. The third-order valence-electron chi connectivity index (χ3n) is 6.44. The number of nitrogens with zero attached hydrogens (tertiary/aromatic N) is 7. The van der Waals surface area contributed by atoms with Crippen LogP contribution >= 0.6 is 0 Å². The van der Waals surface area contributed by atoms with E-state index in [-0.39, 0.29) is 0 Å². The normalized spacial score (nSPS) is 23.2. The lowest BCUT2D eigenvalue weighted by atomic mass is 9.97. The minimum atomic E-state index is 0.311. The molecule has 0 aromatic carbocycles. The van der Waals surface area contributed by atoms with Crippen LogP contribution in [0.15, 0.2) is 24.7 Å². The molecule has 8 heteroatoms. The maximum Gasteiger partial charge on any atom is 0.179 e. The highest BCUT2D eigenvalue weighted by Gasteiger charge is 2.41. The summed E-state index contributed by atoms with van der Waals surface area (Å²) in [5, 5.41) is 27.7. The van der Waals surface area contributed by atoms with Gasteiger partial charge in [-0.15, -0.1) is 0 Å². The summed E-state index contributed by atoms with van der Waals surface area (Å²) in [6.07, 6.45) is 11.8. The lowest BCUT2D eigenvalue weighted by Crippen LogP contribution is -2.40. The molecule has 2 saturated heterocycles. The van der Waals surface area contributed by atoms with Crippen molar-refractivity contribution in [2.75, 3.05) is 7.11 Å². The van der Waals surface area contributed by atoms with Crippen molar-refractivity contribution >= 4 is 5.52 Å². The minimum absolute atomic E-state index is 0.311. The van der Waals surface area contributed by atoms with Crippen LogP contribution in [-0.4, -0.2) is 43.5 Å². The maximum atomic E-state index is 9.40. The Morgan fingerprint density at radius 1 is 1.10 bits per heavy atom. The highest BCUT2D eigenvalue weighted by molar-refractivity contribution is 5.75. The average Bonchev–Trinajstić information content (AvgIpc) is 3.40. The van der Waals surface area contributed by atoms with Crippen LogP contribution in [0.3, 0.4) is 0 Å². The van der Waals surface area contributed by atoms with Crippen LogP contribution in [0.2, 0.25) is 0 Å². The first-order valence-electron chi connectivity index (χ1n) is 9.82. The standard InChI is InChI=1S/C21H21N7O/c1-13-19(14-5-20(29-2)21-15(8-22)9-24-27(21)11-14)10-25-28(13)18-6-16-3-4-17(7-18)26(16)12-23/h5,9-11,16-18H,3-4,6-7H2,1-2H3/t16-,17?,18?/m1/s1. The molecule has 2 unspecified atom stereocenters. The number of methoxy groups -OCH3 is 1. The maximum absolute atomic E-state index is 9.40. The summed E-state index contributed by atoms with van der Waals surface area (Å²) >= 11 is 0. The number of pyridine rings is 1. The lowest BCUT2D eigenvalue weighted by molar-refractivity contribution is 0.160. The summed E-state index contributed by atoms with van der Waals surface area (Å²) < 4.78 is 9.35. The molecule has 0 spiro atoms. The second-order valence-corrected chi connectivity index (χ2v) is 7.87. The largest absolute Gasteiger partial charge is 0.494 e. The van der Waals surface area contributed by atoms with Crippen LogP contribution in [-0.2, 0) is 0 Å². The van der Waals surface area contributed by atoms with E-state index in [4.69, 9.17) is 9.84 Å². The van der Waals surface area contributed by atoms with Gasteiger partial charge in [0.25, 0.3) is 0 Å².